The van der Waals surface area contributed by atoms with Crippen molar-refractivity contribution in [1.82, 2.24) is 4.90 Å². The predicted molar refractivity (Wildman–Crippen MR) is 245 cm³/mol. The molecule has 57 heavy (non-hydrogen) atoms. The number of allylic oxidation sites excluding steroid dienone is 8. The SMILES string of the molecule is CCCCC/C=C\C/C=C\CCCCCCCCC1(CCCCCCCC/C=C\C/C=C\CCCCC)OC[C@H](C(C)CC(C)(C)N(C)CCOP(=O)(O)OC)O1. The van der Waals surface area contributed by atoms with E-state index in [9.17, 15) is 9.46 Å². The third kappa shape index (κ3) is 29.0. The molecule has 7 nitrogen and oxygen atoms in total. The Labute approximate surface area is 353 Å². The zero-order valence-electron chi connectivity index (χ0n) is 38.4. The summed E-state index contributed by atoms with van der Waals surface area (Å²) in [6, 6.07) is 0. The minimum atomic E-state index is -3.97. The molecule has 0 aromatic carbocycles. The van der Waals surface area contributed by atoms with Crippen LogP contribution in [-0.2, 0) is 23.1 Å². The molecule has 1 aliphatic heterocycles. The highest BCUT2D eigenvalue weighted by atomic mass is 31.2. The van der Waals surface area contributed by atoms with E-state index in [1.165, 1.54) is 136 Å². The van der Waals surface area contributed by atoms with Gasteiger partial charge in [0, 0.05) is 32.0 Å². The van der Waals surface area contributed by atoms with Crippen LogP contribution in [0, 0.1) is 5.92 Å². The van der Waals surface area contributed by atoms with Crippen LogP contribution < -0.4 is 0 Å². The van der Waals surface area contributed by atoms with Crippen LogP contribution in [0.1, 0.15) is 208 Å². The summed E-state index contributed by atoms with van der Waals surface area (Å²) in [5.74, 6) is -0.157. The number of hydrogen-bond donors (Lipinski definition) is 1. The zero-order valence-corrected chi connectivity index (χ0v) is 39.3. The summed E-state index contributed by atoms with van der Waals surface area (Å²) >= 11 is 0. The second kappa shape index (κ2) is 34.6. The lowest BCUT2D eigenvalue weighted by molar-refractivity contribution is -0.184. The zero-order chi connectivity index (χ0) is 41.9. The lowest BCUT2D eigenvalue weighted by atomic mass is 9.87. The lowest BCUT2D eigenvalue weighted by Gasteiger charge is -2.39. The van der Waals surface area contributed by atoms with Gasteiger partial charge in [-0.3, -0.25) is 13.9 Å². The molecule has 1 heterocycles. The molecule has 334 valence electrons. The topological polar surface area (TPSA) is 77.5 Å². The van der Waals surface area contributed by atoms with Crippen LogP contribution in [0.2, 0.25) is 0 Å². The number of unbranched alkanes of at least 4 members (excludes halogenated alkanes) is 18. The van der Waals surface area contributed by atoms with Crippen molar-refractivity contribution < 1.29 is 28.0 Å². The average Bonchev–Trinajstić information content (AvgIpc) is 3.61. The van der Waals surface area contributed by atoms with Crippen LogP contribution in [0.25, 0.3) is 0 Å². The molecule has 0 saturated carbocycles. The predicted octanol–water partition coefficient (Wildman–Crippen LogP) is 15.0. The van der Waals surface area contributed by atoms with Crippen molar-refractivity contribution in [3.8, 4) is 0 Å². The summed E-state index contributed by atoms with van der Waals surface area (Å²) < 4.78 is 35.0. The van der Waals surface area contributed by atoms with E-state index in [-0.39, 0.29) is 18.2 Å². The second-order valence-corrected chi connectivity index (χ2v) is 19.0. The summed E-state index contributed by atoms with van der Waals surface area (Å²) in [6.45, 7) is 12.5. The molecule has 0 aromatic heterocycles. The van der Waals surface area contributed by atoms with Crippen molar-refractivity contribution >= 4 is 7.82 Å². The fourth-order valence-electron chi connectivity index (χ4n) is 7.73. The highest BCUT2D eigenvalue weighted by Crippen LogP contribution is 2.42. The molecule has 0 radical (unpaired) electrons. The Morgan fingerprint density at radius 2 is 1.14 bits per heavy atom. The first-order chi connectivity index (χ1) is 27.5. The van der Waals surface area contributed by atoms with E-state index in [0.717, 1.165) is 44.9 Å². The third-order valence-corrected chi connectivity index (χ3v) is 12.8. The first-order valence-corrected chi connectivity index (χ1v) is 25.2. The number of phosphoric ester groups is 1. The van der Waals surface area contributed by atoms with Crippen molar-refractivity contribution in [1.29, 1.82) is 0 Å². The number of likely N-dealkylation sites (N-methyl/N-ethyl adjacent to an activating group) is 1. The van der Waals surface area contributed by atoms with Gasteiger partial charge in [0.15, 0.2) is 5.79 Å². The van der Waals surface area contributed by atoms with E-state index in [2.05, 4.69) is 92.7 Å². The van der Waals surface area contributed by atoms with Crippen LogP contribution in [0.4, 0.5) is 0 Å². The van der Waals surface area contributed by atoms with Gasteiger partial charge in [0.05, 0.1) is 19.3 Å². The van der Waals surface area contributed by atoms with E-state index >= 15 is 0 Å². The van der Waals surface area contributed by atoms with Crippen molar-refractivity contribution in [2.45, 2.75) is 225 Å². The Hall–Kier alpha value is -1.05. The number of rotatable bonds is 39. The summed E-state index contributed by atoms with van der Waals surface area (Å²) in [5, 5.41) is 0. The standard InChI is InChI=1S/C49H92NO6P/c1-8-10-12-14-16-18-20-22-24-26-28-30-32-34-36-38-40-49(41-39-37-35-33-31-29-27-25-23-21-19-17-15-13-11-9-2)54-45-47(56-49)46(3)44-48(4,5)50(6)42-43-55-57(51,52)53-7/h16-19,22-25,46-47H,8-15,20-21,26-45H2,1-7H3,(H,51,52)/b18-16-,19-17-,24-22-,25-23-/t46?,47-/m1/s1. The number of ether oxygens (including phenoxy) is 2. The number of phosphoric acid groups is 1. The molecule has 1 N–H and O–H groups in total. The van der Waals surface area contributed by atoms with Crippen LogP contribution in [0.5, 0.6) is 0 Å². The molecule has 0 spiro atoms. The average molecular weight is 822 g/mol. The lowest BCUT2D eigenvalue weighted by Crippen LogP contribution is -2.45. The molecule has 1 saturated heterocycles. The highest BCUT2D eigenvalue weighted by Gasteiger charge is 2.43. The smallest absolute Gasteiger partial charge is 0.347 e. The molecule has 0 amide bonds. The van der Waals surface area contributed by atoms with Gasteiger partial charge in [-0.15, -0.1) is 0 Å². The fourth-order valence-corrected chi connectivity index (χ4v) is 8.15. The molecule has 3 atom stereocenters. The molecule has 0 aromatic rings. The minimum absolute atomic E-state index is 0.0642. The summed E-state index contributed by atoms with van der Waals surface area (Å²) in [4.78, 5) is 11.8. The van der Waals surface area contributed by atoms with E-state index < -0.39 is 13.6 Å². The number of hydrogen-bond acceptors (Lipinski definition) is 6. The summed E-state index contributed by atoms with van der Waals surface area (Å²) in [6.07, 6.45) is 51.7. The van der Waals surface area contributed by atoms with E-state index in [0.29, 0.717) is 19.1 Å². The van der Waals surface area contributed by atoms with Crippen LogP contribution >= 0.6 is 7.82 Å². The largest absolute Gasteiger partial charge is 0.471 e. The van der Waals surface area contributed by atoms with Gasteiger partial charge in [0.1, 0.15) is 0 Å². The van der Waals surface area contributed by atoms with E-state index in [1.54, 1.807) is 0 Å². The minimum Gasteiger partial charge on any atom is -0.347 e. The third-order valence-electron chi connectivity index (χ3n) is 11.8. The molecule has 8 heteroatoms. The van der Waals surface area contributed by atoms with Gasteiger partial charge in [-0.2, -0.15) is 0 Å². The van der Waals surface area contributed by atoms with Gasteiger partial charge >= 0.3 is 7.82 Å². The molecule has 1 fully saturated rings. The van der Waals surface area contributed by atoms with Crippen LogP contribution in [-0.4, -0.2) is 61.1 Å². The highest BCUT2D eigenvalue weighted by molar-refractivity contribution is 7.47. The molecular formula is C49H92NO6P. The van der Waals surface area contributed by atoms with Crippen molar-refractivity contribution in [2.24, 2.45) is 5.92 Å². The Morgan fingerprint density at radius 3 is 1.58 bits per heavy atom. The maximum atomic E-state index is 11.7. The van der Waals surface area contributed by atoms with Crippen molar-refractivity contribution in [2.75, 3.05) is 33.9 Å². The molecular weight excluding hydrogens is 730 g/mol. The van der Waals surface area contributed by atoms with Gasteiger partial charge < -0.3 is 14.4 Å². The van der Waals surface area contributed by atoms with Crippen LogP contribution in [0.15, 0.2) is 48.6 Å². The van der Waals surface area contributed by atoms with Gasteiger partial charge in [0.2, 0.25) is 0 Å². The van der Waals surface area contributed by atoms with Gasteiger partial charge in [-0.05, 0) is 110 Å². The normalized spacial score (nSPS) is 18.0. The Bertz CT molecular complexity index is 1060. The molecule has 0 bridgehead atoms. The van der Waals surface area contributed by atoms with E-state index in [4.69, 9.17) is 14.0 Å². The fraction of sp³-hybridized carbons (Fsp3) is 0.837. The van der Waals surface area contributed by atoms with Crippen LogP contribution in [0.3, 0.4) is 0 Å². The Kier molecular flexibility index (Phi) is 32.8. The molecule has 2 unspecified atom stereocenters. The Morgan fingerprint density at radius 1 is 0.719 bits per heavy atom. The molecule has 0 aliphatic carbocycles. The van der Waals surface area contributed by atoms with Gasteiger partial charge in [-0.25, -0.2) is 4.57 Å². The molecule has 1 rings (SSSR count). The summed E-state index contributed by atoms with van der Waals surface area (Å²) in [5.41, 5.74) is -0.147. The first kappa shape index (κ1) is 54.0. The maximum Gasteiger partial charge on any atom is 0.471 e. The Balaban J connectivity index is 2.51. The van der Waals surface area contributed by atoms with Gasteiger partial charge in [-0.1, -0.05) is 146 Å². The monoisotopic (exact) mass is 822 g/mol. The maximum absolute atomic E-state index is 11.7. The summed E-state index contributed by atoms with van der Waals surface area (Å²) in [7, 11) is -0.742. The number of nitrogens with zero attached hydrogens (tertiary/aromatic N) is 1. The molecule has 1 aliphatic rings. The van der Waals surface area contributed by atoms with Gasteiger partial charge in [0.25, 0.3) is 0 Å². The second-order valence-electron chi connectivity index (χ2n) is 17.4. The van der Waals surface area contributed by atoms with Crippen molar-refractivity contribution in [3.63, 3.8) is 0 Å². The van der Waals surface area contributed by atoms with E-state index in [1.807, 2.05) is 7.05 Å². The first-order valence-electron chi connectivity index (χ1n) is 23.7. The quantitative estimate of drug-likeness (QED) is 0.0376. The van der Waals surface area contributed by atoms with Crippen molar-refractivity contribution in [3.05, 3.63) is 48.6 Å².